The van der Waals surface area contributed by atoms with E-state index in [1.165, 1.54) is 0 Å². The molecule has 1 heterocycles. The van der Waals surface area contributed by atoms with E-state index >= 15 is 0 Å². The Bertz CT molecular complexity index is 305. The van der Waals surface area contributed by atoms with E-state index in [1.54, 1.807) is 0 Å². The third kappa shape index (κ3) is 4.22. The van der Waals surface area contributed by atoms with Crippen molar-refractivity contribution in [1.82, 2.24) is 10.2 Å². The van der Waals surface area contributed by atoms with Crippen molar-refractivity contribution in [2.24, 2.45) is 11.8 Å². The minimum absolute atomic E-state index is 0.0210. The summed E-state index contributed by atoms with van der Waals surface area (Å²) in [6.45, 7) is 9.68. The molecule has 4 heteroatoms. The highest BCUT2D eigenvalue weighted by molar-refractivity contribution is 5.88. The molecule has 2 amide bonds. The van der Waals surface area contributed by atoms with E-state index in [4.69, 9.17) is 0 Å². The number of carbonyl (C=O) groups is 2. The van der Waals surface area contributed by atoms with Gasteiger partial charge in [0.1, 0.15) is 6.04 Å². The summed E-state index contributed by atoms with van der Waals surface area (Å²) in [7, 11) is 0. The van der Waals surface area contributed by atoms with Crippen molar-refractivity contribution in [2.45, 2.75) is 59.4 Å². The highest BCUT2D eigenvalue weighted by Gasteiger charge is 2.31. The first-order valence-electron chi connectivity index (χ1n) is 7.60. The van der Waals surface area contributed by atoms with Crippen LogP contribution in [0.15, 0.2) is 0 Å². The number of carbonyl (C=O) groups excluding carboxylic acids is 2. The summed E-state index contributed by atoms with van der Waals surface area (Å²) in [5.41, 5.74) is 0. The van der Waals surface area contributed by atoms with Crippen molar-refractivity contribution in [3.8, 4) is 0 Å². The van der Waals surface area contributed by atoms with Gasteiger partial charge in [-0.2, -0.15) is 0 Å². The molecule has 0 aromatic rings. The summed E-state index contributed by atoms with van der Waals surface area (Å²) in [6, 6.07) is -0.369. The average Bonchev–Trinajstić information content (AvgIpc) is 2.90. The lowest BCUT2D eigenvalue weighted by atomic mass is 9.98. The van der Waals surface area contributed by atoms with E-state index in [2.05, 4.69) is 5.32 Å². The number of hydrogen-bond donors (Lipinski definition) is 1. The van der Waals surface area contributed by atoms with Crippen LogP contribution in [0.2, 0.25) is 0 Å². The monoisotopic (exact) mass is 268 g/mol. The molecule has 19 heavy (non-hydrogen) atoms. The lowest BCUT2D eigenvalue weighted by molar-refractivity contribution is -0.138. The van der Waals surface area contributed by atoms with Crippen LogP contribution in [0.5, 0.6) is 0 Å². The largest absolute Gasteiger partial charge is 0.344 e. The predicted molar refractivity (Wildman–Crippen MR) is 76.7 cm³/mol. The Labute approximate surface area is 116 Å². The number of rotatable bonds is 6. The second-order valence-corrected chi connectivity index (χ2v) is 5.78. The highest BCUT2D eigenvalue weighted by Crippen LogP contribution is 2.15. The number of nitrogens with one attached hydrogen (secondary N) is 1. The molecule has 0 radical (unpaired) electrons. The Kier molecular flexibility index (Phi) is 6.32. The third-order valence-corrected chi connectivity index (χ3v) is 4.00. The van der Waals surface area contributed by atoms with Gasteiger partial charge in [-0.15, -0.1) is 0 Å². The SMILES string of the molecule is CCC(CC)C(=O)N[C@H](C(=O)N1CCCC1)C(C)C. The normalized spacial score (nSPS) is 17.1. The molecule has 1 aliphatic rings. The molecule has 110 valence electrons. The standard InChI is InChI=1S/C15H28N2O2/c1-5-12(6-2)14(18)16-13(11(3)4)15(19)17-9-7-8-10-17/h11-13H,5-10H2,1-4H3,(H,16,18)/t13-/m0/s1. The summed E-state index contributed by atoms with van der Waals surface area (Å²) in [5.74, 6) is 0.266. The zero-order valence-corrected chi connectivity index (χ0v) is 12.7. The van der Waals surface area contributed by atoms with Gasteiger partial charge in [0, 0.05) is 19.0 Å². The molecule has 1 rings (SSSR count). The molecule has 1 atom stereocenters. The predicted octanol–water partition coefficient (Wildman–Crippen LogP) is 2.19. The number of hydrogen-bond acceptors (Lipinski definition) is 2. The molecule has 0 bridgehead atoms. The van der Waals surface area contributed by atoms with Gasteiger partial charge in [0.25, 0.3) is 0 Å². The van der Waals surface area contributed by atoms with Gasteiger partial charge in [-0.25, -0.2) is 0 Å². The van der Waals surface area contributed by atoms with Crippen LogP contribution >= 0.6 is 0 Å². The van der Waals surface area contributed by atoms with E-state index in [0.29, 0.717) is 0 Å². The number of amides is 2. The van der Waals surface area contributed by atoms with Crippen molar-refractivity contribution in [3.63, 3.8) is 0 Å². The van der Waals surface area contributed by atoms with Crippen molar-refractivity contribution >= 4 is 11.8 Å². The number of nitrogens with zero attached hydrogens (tertiary/aromatic N) is 1. The van der Waals surface area contributed by atoms with Crippen molar-refractivity contribution in [2.75, 3.05) is 13.1 Å². The van der Waals surface area contributed by atoms with Crippen LogP contribution in [0.1, 0.15) is 53.4 Å². The number of likely N-dealkylation sites (tertiary alicyclic amines) is 1. The summed E-state index contributed by atoms with van der Waals surface area (Å²) < 4.78 is 0. The molecular formula is C15H28N2O2. The van der Waals surface area contributed by atoms with Crippen LogP contribution in [-0.4, -0.2) is 35.8 Å². The van der Waals surface area contributed by atoms with Gasteiger partial charge < -0.3 is 10.2 Å². The smallest absolute Gasteiger partial charge is 0.245 e. The van der Waals surface area contributed by atoms with Crippen LogP contribution in [-0.2, 0) is 9.59 Å². The minimum Gasteiger partial charge on any atom is -0.344 e. The first kappa shape index (κ1) is 16.0. The molecule has 0 aromatic heterocycles. The molecular weight excluding hydrogens is 240 g/mol. The van der Waals surface area contributed by atoms with Gasteiger partial charge in [-0.1, -0.05) is 27.7 Å². The van der Waals surface area contributed by atoms with Gasteiger partial charge in [0.15, 0.2) is 0 Å². The zero-order chi connectivity index (χ0) is 14.4. The molecule has 0 unspecified atom stereocenters. The summed E-state index contributed by atoms with van der Waals surface area (Å²) in [5, 5.41) is 2.96. The van der Waals surface area contributed by atoms with Crippen LogP contribution in [0.25, 0.3) is 0 Å². The zero-order valence-electron chi connectivity index (χ0n) is 12.7. The maximum absolute atomic E-state index is 12.4. The van der Waals surface area contributed by atoms with E-state index in [1.807, 2.05) is 32.6 Å². The molecule has 1 N–H and O–H groups in total. The second-order valence-electron chi connectivity index (χ2n) is 5.78. The first-order chi connectivity index (χ1) is 9.01. The highest BCUT2D eigenvalue weighted by atomic mass is 16.2. The van der Waals surface area contributed by atoms with Crippen molar-refractivity contribution in [3.05, 3.63) is 0 Å². The molecule has 0 spiro atoms. The van der Waals surface area contributed by atoms with Crippen LogP contribution < -0.4 is 5.32 Å². The minimum atomic E-state index is -0.369. The van der Waals surface area contributed by atoms with Gasteiger partial charge in [0.2, 0.25) is 11.8 Å². The summed E-state index contributed by atoms with van der Waals surface area (Å²) >= 11 is 0. The quantitative estimate of drug-likeness (QED) is 0.802. The van der Waals surface area contributed by atoms with Crippen molar-refractivity contribution in [1.29, 1.82) is 0 Å². The Morgan fingerprint density at radius 1 is 1.11 bits per heavy atom. The van der Waals surface area contributed by atoms with Gasteiger partial charge in [-0.3, -0.25) is 9.59 Å². The summed E-state index contributed by atoms with van der Waals surface area (Å²) in [6.07, 6.45) is 3.81. The fourth-order valence-electron chi connectivity index (χ4n) is 2.58. The lowest BCUT2D eigenvalue weighted by Gasteiger charge is -2.28. The molecule has 0 aliphatic carbocycles. The van der Waals surface area contributed by atoms with Gasteiger partial charge in [-0.05, 0) is 31.6 Å². The topological polar surface area (TPSA) is 49.4 Å². The van der Waals surface area contributed by atoms with E-state index in [-0.39, 0.29) is 29.7 Å². The molecule has 1 saturated heterocycles. The molecule has 0 aromatic carbocycles. The van der Waals surface area contributed by atoms with E-state index in [0.717, 1.165) is 38.8 Å². The second kappa shape index (κ2) is 7.51. The maximum Gasteiger partial charge on any atom is 0.245 e. The molecule has 1 fully saturated rings. The molecule has 1 aliphatic heterocycles. The Balaban J connectivity index is 2.66. The fourth-order valence-corrected chi connectivity index (χ4v) is 2.58. The van der Waals surface area contributed by atoms with Gasteiger partial charge in [0.05, 0.1) is 0 Å². The first-order valence-corrected chi connectivity index (χ1v) is 7.60. The Hall–Kier alpha value is -1.06. The van der Waals surface area contributed by atoms with Crippen LogP contribution in [0.3, 0.4) is 0 Å². The third-order valence-electron chi connectivity index (χ3n) is 4.00. The molecule has 4 nitrogen and oxygen atoms in total. The van der Waals surface area contributed by atoms with E-state index in [9.17, 15) is 9.59 Å². The molecule has 0 saturated carbocycles. The summed E-state index contributed by atoms with van der Waals surface area (Å²) in [4.78, 5) is 26.5. The Morgan fingerprint density at radius 2 is 1.63 bits per heavy atom. The van der Waals surface area contributed by atoms with Crippen LogP contribution in [0, 0.1) is 11.8 Å². The maximum atomic E-state index is 12.4. The van der Waals surface area contributed by atoms with Gasteiger partial charge >= 0.3 is 0 Å². The van der Waals surface area contributed by atoms with Crippen LogP contribution in [0.4, 0.5) is 0 Å². The van der Waals surface area contributed by atoms with E-state index < -0.39 is 0 Å². The Morgan fingerprint density at radius 3 is 2.05 bits per heavy atom. The lowest BCUT2D eigenvalue weighted by Crippen LogP contribution is -2.51. The fraction of sp³-hybridized carbons (Fsp3) is 0.867. The van der Waals surface area contributed by atoms with Crippen molar-refractivity contribution < 1.29 is 9.59 Å². The average molecular weight is 268 g/mol.